The van der Waals surface area contributed by atoms with Crippen molar-refractivity contribution in [3.8, 4) is 0 Å². The molecule has 1 aromatic rings. The van der Waals surface area contributed by atoms with Crippen molar-refractivity contribution >= 4 is 0 Å². The molecule has 3 atom stereocenters. The van der Waals surface area contributed by atoms with Gasteiger partial charge in [0.15, 0.2) is 0 Å². The first kappa shape index (κ1) is 13.1. The second-order valence-electron chi connectivity index (χ2n) is 5.77. The molecule has 0 aromatic heterocycles. The maximum absolute atomic E-state index is 9.61. The van der Waals surface area contributed by atoms with Crippen LogP contribution in [0.3, 0.4) is 0 Å². The fraction of sp³-hybridized carbons (Fsp3) is 0.625. The van der Waals surface area contributed by atoms with Crippen LogP contribution in [0.15, 0.2) is 30.3 Å². The topological polar surface area (TPSA) is 41.5 Å². The van der Waals surface area contributed by atoms with Gasteiger partial charge in [0, 0.05) is 6.04 Å². The number of hydrogen-bond donors (Lipinski definition) is 2. The molecule has 3 nitrogen and oxygen atoms in total. The van der Waals surface area contributed by atoms with Crippen molar-refractivity contribution in [1.82, 2.24) is 5.32 Å². The second kappa shape index (κ2) is 6.04. The first-order chi connectivity index (χ1) is 9.38. The van der Waals surface area contributed by atoms with Crippen molar-refractivity contribution in [2.45, 2.75) is 43.9 Å². The lowest BCUT2D eigenvalue weighted by Crippen LogP contribution is -2.55. The smallest absolute Gasteiger partial charge is 0.100 e. The van der Waals surface area contributed by atoms with Gasteiger partial charge in [-0.1, -0.05) is 43.2 Å². The maximum atomic E-state index is 9.61. The molecule has 2 aliphatic rings. The standard InChI is InChI=1S/C16H23NO2/c18-10-14(12-6-4-5-7-12)17-15-11-19-16(15)13-8-2-1-3-9-13/h1-3,8-9,12,14-18H,4-7,10-11H2. The molecular weight excluding hydrogens is 238 g/mol. The zero-order chi connectivity index (χ0) is 13.1. The van der Waals surface area contributed by atoms with Gasteiger partial charge in [-0.15, -0.1) is 0 Å². The molecule has 1 aliphatic heterocycles. The van der Waals surface area contributed by atoms with Gasteiger partial charge in [-0.2, -0.15) is 0 Å². The highest BCUT2D eigenvalue weighted by Gasteiger charge is 2.36. The summed E-state index contributed by atoms with van der Waals surface area (Å²) >= 11 is 0. The summed E-state index contributed by atoms with van der Waals surface area (Å²) in [6, 6.07) is 10.9. The minimum absolute atomic E-state index is 0.150. The van der Waals surface area contributed by atoms with Crippen LogP contribution in [0.25, 0.3) is 0 Å². The average Bonchev–Trinajstić information content (AvgIpc) is 2.93. The number of benzene rings is 1. The Balaban J connectivity index is 1.60. The second-order valence-corrected chi connectivity index (χ2v) is 5.77. The molecular formula is C16H23NO2. The molecule has 3 heteroatoms. The van der Waals surface area contributed by atoms with Crippen LogP contribution in [0.2, 0.25) is 0 Å². The van der Waals surface area contributed by atoms with E-state index in [2.05, 4.69) is 29.6 Å². The highest BCUT2D eigenvalue weighted by Crippen LogP contribution is 2.33. The Bertz CT molecular complexity index is 389. The summed E-state index contributed by atoms with van der Waals surface area (Å²) < 4.78 is 5.69. The first-order valence-corrected chi connectivity index (χ1v) is 7.42. The highest BCUT2D eigenvalue weighted by molar-refractivity contribution is 5.21. The van der Waals surface area contributed by atoms with Crippen molar-refractivity contribution in [1.29, 1.82) is 0 Å². The number of hydrogen-bond acceptors (Lipinski definition) is 3. The Hall–Kier alpha value is -0.900. The predicted molar refractivity (Wildman–Crippen MR) is 74.9 cm³/mol. The van der Waals surface area contributed by atoms with Gasteiger partial charge in [0.05, 0.1) is 19.3 Å². The molecule has 2 fully saturated rings. The Labute approximate surface area is 115 Å². The van der Waals surface area contributed by atoms with Crippen LogP contribution >= 0.6 is 0 Å². The fourth-order valence-electron chi connectivity index (χ4n) is 3.37. The Morgan fingerprint density at radius 3 is 2.53 bits per heavy atom. The zero-order valence-corrected chi connectivity index (χ0v) is 11.3. The van der Waals surface area contributed by atoms with E-state index in [9.17, 15) is 5.11 Å². The van der Waals surface area contributed by atoms with E-state index < -0.39 is 0 Å². The zero-order valence-electron chi connectivity index (χ0n) is 11.3. The molecule has 0 spiro atoms. The van der Waals surface area contributed by atoms with Crippen LogP contribution in [0.4, 0.5) is 0 Å². The van der Waals surface area contributed by atoms with E-state index >= 15 is 0 Å². The molecule has 3 rings (SSSR count). The molecule has 104 valence electrons. The Kier molecular flexibility index (Phi) is 4.16. The van der Waals surface area contributed by atoms with Gasteiger partial charge in [-0.25, -0.2) is 0 Å². The van der Waals surface area contributed by atoms with Gasteiger partial charge in [0.2, 0.25) is 0 Å². The summed E-state index contributed by atoms with van der Waals surface area (Å²) in [6.45, 7) is 0.992. The summed E-state index contributed by atoms with van der Waals surface area (Å²) in [5.41, 5.74) is 1.23. The molecule has 0 bridgehead atoms. The number of rotatable bonds is 5. The van der Waals surface area contributed by atoms with Crippen molar-refractivity contribution in [3.05, 3.63) is 35.9 Å². The van der Waals surface area contributed by atoms with Crippen LogP contribution in [0.1, 0.15) is 37.4 Å². The van der Waals surface area contributed by atoms with Gasteiger partial charge in [-0.05, 0) is 24.3 Å². The number of aliphatic hydroxyl groups is 1. The normalized spacial score (nSPS) is 29.1. The third kappa shape index (κ3) is 2.83. The summed E-state index contributed by atoms with van der Waals surface area (Å²) in [5, 5.41) is 13.2. The van der Waals surface area contributed by atoms with E-state index in [1.165, 1.54) is 31.2 Å². The van der Waals surface area contributed by atoms with Crippen molar-refractivity contribution < 1.29 is 9.84 Å². The summed E-state index contributed by atoms with van der Waals surface area (Å²) in [5.74, 6) is 0.641. The van der Waals surface area contributed by atoms with E-state index in [1.807, 2.05) is 6.07 Å². The van der Waals surface area contributed by atoms with Crippen molar-refractivity contribution in [2.24, 2.45) is 5.92 Å². The average molecular weight is 261 g/mol. The summed E-state index contributed by atoms with van der Waals surface area (Å²) in [4.78, 5) is 0. The number of aliphatic hydroxyl groups excluding tert-OH is 1. The maximum Gasteiger partial charge on any atom is 0.100 e. The molecule has 0 amide bonds. The fourth-order valence-corrected chi connectivity index (χ4v) is 3.37. The minimum Gasteiger partial charge on any atom is -0.395 e. The van der Waals surface area contributed by atoms with Crippen molar-refractivity contribution in [2.75, 3.05) is 13.2 Å². The molecule has 19 heavy (non-hydrogen) atoms. The third-order valence-corrected chi connectivity index (χ3v) is 4.54. The molecule has 0 radical (unpaired) electrons. The van der Waals surface area contributed by atoms with E-state index in [4.69, 9.17) is 4.74 Å². The molecule has 1 saturated heterocycles. The van der Waals surface area contributed by atoms with E-state index in [1.54, 1.807) is 0 Å². The van der Waals surface area contributed by atoms with E-state index in [-0.39, 0.29) is 18.8 Å². The van der Waals surface area contributed by atoms with Crippen LogP contribution in [-0.4, -0.2) is 30.4 Å². The highest BCUT2D eigenvalue weighted by atomic mass is 16.5. The first-order valence-electron chi connectivity index (χ1n) is 7.42. The van der Waals surface area contributed by atoms with Crippen LogP contribution in [0.5, 0.6) is 0 Å². The Morgan fingerprint density at radius 2 is 1.95 bits per heavy atom. The number of nitrogens with one attached hydrogen (secondary N) is 1. The van der Waals surface area contributed by atoms with Crippen LogP contribution < -0.4 is 5.32 Å². The van der Waals surface area contributed by atoms with Gasteiger partial charge in [0.1, 0.15) is 6.10 Å². The molecule has 3 unspecified atom stereocenters. The molecule has 1 heterocycles. The summed E-state index contributed by atoms with van der Waals surface area (Å²) in [7, 11) is 0. The molecule has 1 aromatic carbocycles. The SMILES string of the molecule is OCC(NC1COC1c1ccccc1)C1CCCC1. The molecule has 2 N–H and O–H groups in total. The van der Waals surface area contributed by atoms with Crippen LogP contribution in [0, 0.1) is 5.92 Å². The van der Waals surface area contributed by atoms with Gasteiger partial charge in [0.25, 0.3) is 0 Å². The minimum atomic E-state index is 0.150. The monoisotopic (exact) mass is 261 g/mol. The van der Waals surface area contributed by atoms with E-state index in [0.717, 1.165) is 6.61 Å². The predicted octanol–water partition coefficient (Wildman–Crippen LogP) is 2.27. The quantitative estimate of drug-likeness (QED) is 0.854. The lowest BCUT2D eigenvalue weighted by molar-refractivity contribution is -0.0972. The third-order valence-electron chi connectivity index (χ3n) is 4.54. The van der Waals surface area contributed by atoms with Crippen molar-refractivity contribution in [3.63, 3.8) is 0 Å². The lowest BCUT2D eigenvalue weighted by atomic mass is 9.93. The van der Waals surface area contributed by atoms with Gasteiger partial charge < -0.3 is 15.2 Å². The molecule has 1 aliphatic carbocycles. The lowest BCUT2D eigenvalue weighted by Gasteiger charge is -2.41. The molecule has 1 saturated carbocycles. The largest absolute Gasteiger partial charge is 0.395 e. The van der Waals surface area contributed by atoms with Gasteiger partial charge in [-0.3, -0.25) is 0 Å². The van der Waals surface area contributed by atoms with E-state index in [0.29, 0.717) is 12.0 Å². The van der Waals surface area contributed by atoms with Crippen LogP contribution in [-0.2, 0) is 4.74 Å². The number of ether oxygens (including phenoxy) is 1. The Morgan fingerprint density at radius 1 is 1.21 bits per heavy atom. The summed E-state index contributed by atoms with van der Waals surface area (Å²) in [6.07, 6.45) is 5.28. The van der Waals surface area contributed by atoms with Gasteiger partial charge >= 0.3 is 0 Å².